The zero-order valence-corrected chi connectivity index (χ0v) is 15.5. The molecule has 2 aromatic heterocycles. The molecule has 0 aromatic carbocycles. The van der Waals surface area contributed by atoms with E-state index in [0.29, 0.717) is 17.7 Å². The number of pyridine rings is 1. The normalized spacial score (nSPS) is 19.7. The minimum Gasteiger partial charge on any atom is -0.337 e. The van der Waals surface area contributed by atoms with Crippen LogP contribution in [0.3, 0.4) is 0 Å². The second-order valence-electron chi connectivity index (χ2n) is 7.54. The first kappa shape index (κ1) is 17.2. The summed E-state index contributed by atoms with van der Waals surface area (Å²) in [5, 5.41) is 4.73. The van der Waals surface area contributed by atoms with Crippen LogP contribution in [0.2, 0.25) is 0 Å². The van der Waals surface area contributed by atoms with Crippen molar-refractivity contribution in [3.63, 3.8) is 0 Å². The largest absolute Gasteiger partial charge is 0.337 e. The molecule has 2 fully saturated rings. The highest BCUT2D eigenvalue weighted by molar-refractivity contribution is 5.92. The van der Waals surface area contributed by atoms with Crippen LogP contribution >= 0.6 is 0 Å². The molecule has 0 spiro atoms. The molecule has 1 amide bonds. The molecule has 4 rings (SSSR count). The Kier molecular flexibility index (Phi) is 5.00. The van der Waals surface area contributed by atoms with Gasteiger partial charge >= 0.3 is 0 Å². The highest BCUT2D eigenvalue weighted by Gasteiger charge is 2.30. The first-order valence-corrected chi connectivity index (χ1v) is 9.85. The zero-order valence-electron chi connectivity index (χ0n) is 15.5. The Morgan fingerprint density at radius 2 is 1.85 bits per heavy atom. The summed E-state index contributed by atoms with van der Waals surface area (Å²) in [6, 6.07) is 6.00. The van der Waals surface area contributed by atoms with Gasteiger partial charge in [0.2, 0.25) is 0 Å². The fourth-order valence-corrected chi connectivity index (χ4v) is 4.31. The highest BCUT2D eigenvalue weighted by atomic mass is 16.2. The number of piperidine rings is 1. The molecule has 6 heteroatoms. The van der Waals surface area contributed by atoms with Gasteiger partial charge in [0.15, 0.2) is 0 Å². The molecular formula is C20H27N5O. The Morgan fingerprint density at radius 3 is 2.54 bits per heavy atom. The zero-order chi connectivity index (χ0) is 17.9. The van der Waals surface area contributed by atoms with E-state index < -0.39 is 0 Å². The third-order valence-electron chi connectivity index (χ3n) is 5.72. The average Bonchev–Trinajstić information content (AvgIpc) is 3.11. The van der Waals surface area contributed by atoms with E-state index in [-0.39, 0.29) is 5.91 Å². The summed E-state index contributed by atoms with van der Waals surface area (Å²) in [5.74, 6) is 2.44. The summed E-state index contributed by atoms with van der Waals surface area (Å²) in [7, 11) is 0. The lowest BCUT2D eigenvalue weighted by molar-refractivity contribution is 0.0703. The van der Waals surface area contributed by atoms with E-state index in [9.17, 15) is 4.79 Å². The molecular weight excluding hydrogens is 326 g/mol. The van der Waals surface area contributed by atoms with Gasteiger partial charge in [-0.2, -0.15) is 5.10 Å². The molecule has 1 saturated carbocycles. The summed E-state index contributed by atoms with van der Waals surface area (Å²) in [6.45, 7) is 3.51. The van der Waals surface area contributed by atoms with Gasteiger partial charge in [0.25, 0.3) is 5.91 Å². The lowest BCUT2D eigenvalue weighted by Gasteiger charge is -2.32. The van der Waals surface area contributed by atoms with Gasteiger partial charge in [-0.3, -0.25) is 9.78 Å². The molecule has 138 valence electrons. The Bertz CT molecular complexity index is 743. The quantitative estimate of drug-likeness (QED) is 0.847. The Balaban J connectivity index is 1.44. The van der Waals surface area contributed by atoms with Gasteiger partial charge in [-0.05, 0) is 44.7 Å². The number of aryl methyl sites for hydroxylation is 1. The second kappa shape index (κ2) is 7.56. The molecule has 1 aliphatic heterocycles. The third-order valence-corrected chi connectivity index (χ3v) is 5.72. The van der Waals surface area contributed by atoms with Crippen molar-refractivity contribution in [2.24, 2.45) is 0 Å². The van der Waals surface area contributed by atoms with Gasteiger partial charge in [0.1, 0.15) is 17.3 Å². The van der Waals surface area contributed by atoms with Crippen LogP contribution in [0.25, 0.3) is 0 Å². The van der Waals surface area contributed by atoms with Gasteiger partial charge < -0.3 is 4.90 Å². The number of rotatable bonds is 3. The van der Waals surface area contributed by atoms with Crippen molar-refractivity contribution < 1.29 is 4.79 Å². The molecule has 2 aromatic rings. The number of carbonyl (C=O) groups is 1. The fraction of sp³-hybridized carbons (Fsp3) is 0.600. The van der Waals surface area contributed by atoms with E-state index in [1.807, 2.05) is 24.0 Å². The number of aromatic nitrogens is 4. The maximum absolute atomic E-state index is 12.6. The smallest absolute Gasteiger partial charge is 0.272 e. The molecule has 1 saturated heterocycles. The summed E-state index contributed by atoms with van der Waals surface area (Å²) in [5.41, 5.74) is 0.534. The molecule has 3 heterocycles. The number of carbonyl (C=O) groups excluding carboxylic acids is 1. The van der Waals surface area contributed by atoms with Crippen LogP contribution in [0, 0.1) is 6.92 Å². The van der Waals surface area contributed by atoms with Crippen LogP contribution < -0.4 is 0 Å². The van der Waals surface area contributed by atoms with Crippen LogP contribution in [0.5, 0.6) is 0 Å². The van der Waals surface area contributed by atoms with Gasteiger partial charge in [-0.1, -0.05) is 25.3 Å². The number of hydrogen-bond donors (Lipinski definition) is 0. The number of amides is 1. The summed E-state index contributed by atoms with van der Waals surface area (Å²) >= 11 is 0. The topological polar surface area (TPSA) is 63.9 Å². The molecule has 26 heavy (non-hydrogen) atoms. The van der Waals surface area contributed by atoms with E-state index in [4.69, 9.17) is 10.1 Å². The van der Waals surface area contributed by atoms with Crippen molar-refractivity contribution in [3.8, 4) is 0 Å². The maximum atomic E-state index is 12.6. The standard InChI is InChI=1S/C20H27N5O/c1-15-22-19(25(23-15)17-7-3-2-4-8-17)16-10-13-24(14-11-16)20(26)18-9-5-6-12-21-18/h5-6,9,12,16-17H,2-4,7-8,10-11,13-14H2,1H3. The summed E-state index contributed by atoms with van der Waals surface area (Å²) in [4.78, 5) is 23.5. The predicted octanol–water partition coefficient (Wildman–Crippen LogP) is 3.51. The van der Waals surface area contributed by atoms with Crippen LogP contribution in [-0.4, -0.2) is 43.6 Å². The van der Waals surface area contributed by atoms with Gasteiger partial charge in [0.05, 0.1) is 6.04 Å². The number of nitrogens with zero attached hydrogens (tertiary/aromatic N) is 5. The minimum atomic E-state index is 0.0361. The van der Waals surface area contributed by atoms with Crippen molar-refractivity contribution in [1.29, 1.82) is 0 Å². The molecule has 0 radical (unpaired) electrons. The Labute approximate surface area is 154 Å². The predicted molar refractivity (Wildman–Crippen MR) is 99.0 cm³/mol. The van der Waals surface area contributed by atoms with Crippen molar-refractivity contribution in [2.75, 3.05) is 13.1 Å². The maximum Gasteiger partial charge on any atom is 0.272 e. The van der Waals surface area contributed by atoms with Crippen LogP contribution in [-0.2, 0) is 0 Å². The Hall–Kier alpha value is -2.24. The van der Waals surface area contributed by atoms with Crippen LogP contribution in [0.1, 0.15) is 79.0 Å². The van der Waals surface area contributed by atoms with E-state index in [2.05, 4.69) is 9.67 Å². The van der Waals surface area contributed by atoms with Crippen molar-refractivity contribution >= 4 is 5.91 Å². The van der Waals surface area contributed by atoms with Gasteiger partial charge in [-0.15, -0.1) is 0 Å². The first-order valence-electron chi connectivity index (χ1n) is 9.85. The molecule has 0 bridgehead atoms. The van der Waals surface area contributed by atoms with E-state index in [0.717, 1.165) is 37.6 Å². The van der Waals surface area contributed by atoms with Gasteiger partial charge in [0, 0.05) is 25.2 Å². The monoisotopic (exact) mass is 353 g/mol. The van der Waals surface area contributed by atoms with Crippen LogP contribution in [0.15, 0.2) is 24.4 Å². The highest BCUT2D eigenvalue weighted by Crippen LogP contribution is 2.33. The molecule has 0 unspecified atom stereocenters. The summed E-state index contributed by atoms with van der Waals surface area (Å²) < 4.78 is 2.22. The van der Waals surface area contributed by atoms with E-state index >= 15 is 0 Å². The van der Waals surface area contributed by atoms with E-state index in [1.165, 1.54) is 32.1 Å². The molecule has 1 aliphatic carbocycles. The first-order chi connectivity index (χ1) is 12.7. The molecule has 0 N–H and O–H groups in total. The molecule has 0 atom stereocenters. The van der Waals surface area contributed by atoms with Crippen molar-refractivity contribution in [2.45, 2.75) is 63.8 Å². The SMILES string of the molecule is Cc1nc(C2CCN(C(=O)c3ccccn3)CC2)n(C2CCCCC2)n1. The van der Waals surface area contributed by atoms with E-state index in [1.54, 1.807) is 12.3 Å². The Morgan fingerprint density at radius 1 is 1.08 bits per heavy atom. The fourth-order valence-electron chi connectivity index (χ4n) is 4.31. The number of hydrogen-bond acceptors (Lipinski definition) is 4. The second-order valence-corrected chi connectivity index (χ2v) is 7.54. The van der Waals surface area contributed by atoms with Crippen LogP contribution in [0.4, 0.5) is 0 Å². The third kappa shape index (κ3) is 3.50. The summed E-state index contributed by atoms with van der Waals surface area (Å²) in [6.07, 6.45) is 9.93. The lowest BCUT2D eigenvalue weighted by Crippen LogP contribution is -2.39. The van der Waals surface area contributed by atoms with Crippen molar-refractivity contribution in [1.82, 2.24) is 24.6 Å². The average molecular weight is 353 g/mol. The van der Waals surface area contributed by atoms with Gasteiger partial charge in [-0.25, -0.2) is 9.67 Å². The minimum absolute atomic E-state index is 0.0361. The van der Waals surface area contributed by atoms with Crippen molar-refractivity contribution in [3.05, 3.63) is 41.7 Å². The number of likely N-dealkylation sites (tertiary alicyclic amines) is 1. The molecule has 6 nitrogen and oxygen atoms in total. The lowest BCUT2D eigenvalue weighted by atomic mass is 9.93. The molecule has 2 aliphatic rings.